The number of anilines is 2. The minimum atomic E-state index is -4.84. The van der Waals surface area contributed by atoms with Crippen molar-refractivity contribution in [2.45, 2.75) is 24.5 Å². The molecule has 198 valence electrons. The summed E-state index contributed by atoms with van der Waals surface area (Å²) in [4.78, 5) is 43.4. The van der Waals surface area contributed by atoms with Crippen LogP contribution in [-0.2, 0) is 18.4 Å². The van der Waals surface area contributed by atoms with E-state index in [1.54, 1.807) is 0 Å². The second-order valence-corrected chi connectivity index (χ2v) is 12.7. The van der Waals surface area contributed by atoms with Crippen molar-refractivity contribution in [3.63, 3.8) is 0 Å². The van der Waals surface area contributed by atoms with Gasteiger partial charge in [-0.15, -0.1) is 0 Å². The Balaban J connectivity index is 1.38. The lowest BCUT2D eigenvalue weighted by Gasteiger charge is -2.18. The lowest BCUT2D eigenvalue weighted by molar-refractivity contribution is -0.0483. The Morgan fingerprint density at radius 2 is 1.92 bits per heavy atom. The van der Waals surface area contributed by atoms with Crippen LogP contribution in [0.15, 0.2) is 36.7 Å². The number of para-hydroxylation sites is 1. The number of benzene rings is 1. The van der Waals surface area contributed by atoms with Crippen molar-refractivity contribution in [2.24, 2.45) is 0 Å². The number of rotatable bonds is 8. The minimum absolute atomic E-state index is 0.139. The number of nitrogens with one attached hydrogen (secondary N) is 2. The van der Waals surface area contributed by atoms with Gasteiger partial charge in [0, 0.05) is 10.9 Å². The van der Waals surface area contributed by atoms with Crippen LogP contribution in [0.1, 0.15) is 6.23 Å². The number of fused-ring (bicyclic) bond motifs is 2. The normalized spacial score (nSPS) is 24.1. The van der Waals surface area contributed by atoms with E-state index in [0.29, 0.717) is 5.82 Å². The maximum absolute atomic E-state index is 11.9. The van der Waals surface area contributed by atoms with Gasteiger partial charge in [0.25, 0.3) is 0 Å². The van der Waals surface area contributed by atoms with Crippen molar-refractivity contribution in [3.8, 4) is 0 Å². The third-order valence-electron chi connectivity index (χ3n) is 5.59. The van der Waals surface area contributed by atoms with Crippen LogP contribution in [-0.4, -0.2) is 80.2 Å². The number of hydrogen-bond donors (Lipinski definition) is 7. The zero-order valence-electron chi connectivity index (χ0n) is 18.6. The van der Waals surface area contributed by atoms with Gasteiger partial charge in [0.05, 0.1) is 12.9 Å². The predicted octanol–water partition coefficient (Wildman–Crippen LogP) is 1.66. The minimum Gasteiger partial charge on any atom is -0.387 e. The number of halogens is 1. The molecule has 0 saturated carbocycles. The van der Waals surface area contributed by atoms with Gasteiger partial charge in [0.15, 0.2) is 29.1 Å². The van der Waals surface area contributed by atoms with Crippen LogP contribution in [0.2, 0.25) is 5.28 Å². The van der Waals surface area contributed by atoms with E-state index in [-0.39, 0.29) is 22.3 Å². The fourth-order valence-electron chi connectivity index (χ4n) is 3.99. The molecule has 1 aliphatic heterocycles. The van der Waals surface area contributed by atoms with Gasteiger partial charge in [-0.05, 0) is 23.7 Å². The number of aromatic amines is 1. The van der Waals surface area contributed by atoms with Gasteiger partial charge in [0.1, 0.15) is 24.1 Å². The highest BCUT2D eigenvalue weighted by atomic mass is 35.5. The largest absolute Gasteiger partial charge is 0.387 e. The summed E-state index contributed by atoms with van der Waals surface area (Å²) in [7, 11) is -9.53. The fourth-order valence-corrected chi connectivity index (χ4v) is 6.73. The van der Waals surface area contributed by atoms with E-state index in [2.05, 4.69) is 25.3 Å². The highest BCUT2D eigenvalue weighted by molar-refractivity contribution is 7.70. The first-order valence-corrected chi connectivity index (χ1v) is 14.6. The molecule has 0 amide bonds. The summed E-state index contributed by atoms with van der Waals surface area (Å²) in [5.74, 6) is -0.532. The summed E-state index contributed by atoms with van der Waals surface area (Å²) in [5.41, 5.74) is 1.32. The highest BCUT2D eigenvalue weighted by Gasteiger charge is 2.45. The first kappa shape index (κ1) is 26.2. The lowest BCUT2D eigenvalue weighted by Crippen LogP contribution is -2.33. The Morgan fingerprint density at radius 1 is 1.16 bits per heavy atom. The lowest BCUT2D eigenvalue weighted by atomic mass is 10.1. The monoisotopic (exact) mass is 574 g/mol. The Kier molecular flexibility index (Phi) is 6.88. The van der Waals surface area contributed by atoms with E-state index >= 15 is 0 Å². The summed E-state index contributed by atoms with van der Waals surface area (Å²) in [6.45, 7) is -0.724. The molecule has 37 heavy (non-hydrogen) atoms. The molecule has 0 spiro atoms. The summed E-state index contributed by atoms with van der Waals surface area (Å²) < 4.78 is 34.6. The van der Waals surface area contributed by atoms with E-state index in [1.165, 1.54) is 10.9 Å². The summed E-state index contributed by atoms with van der Waals surface area (Å²) >= 11 is 6.14. The maximum Gasteiger partial charge on any atom is 0.340 e. The molecular formula is C19H21ClN6O9P2. The molecule has 0 radical (unpaired) electrons. The quantitative estimate of drug-likeness (QED) is 0.117. The molecule has 18 heteroatoms. The molecule has 3 aromatic heterocycles. The first-order valence-electron chi connectivity index (χ1n) is 10.7. The van der Waals surface area contributed by atoms with Crippen LogP contribution < -0.4 is 5.32 Å². The standard InChI is InChI=1S/C19H21ClN6O9P2/c20-19-24-16(23-12-5-9-3-1-2-4-10(9)22-12)13-17(25-19)26(7-21-13)18-15(28)14(27)11(35-18)6-34-37(32,33)8-36(29,30)31/h1-5,7,11,14-15,18,22,27-28H,6,8H2,(H,32,33)(H,23,24,25)(H2,29,30,31)/t11-,14?,15?,18-/m1/s1. The highest BCUT2D eigenvalue weighted by Crippen LogP contribution is 2.55. The molecular weight excluding hydrogens is 554 g/mol. The molecule has 1 saturated heterocycles. The molecule has 5 atom stereocenters. The average molecular weight is 575 g/mol. The predicted molar refractivity (Wildman–Crippen MR) is 131 cm³/mol. The molecule has 4 heterocycles. The number of nitrogens with zero attached hydrogens (tertiary/aromatic N) is 4. The first-order chi connectivity index (χ1) is 17.4. The average Bonchev–Trinajstić information content (AvgIpc) is 3.47. The summed E-state index contributed by atoms with van der Waals surface area (Å²) in [6.07, 6.45) is -4.37. The summed E-state index contributed by atoms with van der Waals surface area (Å²) in [5, 5.41) is 24.9. The maximum atomic E-state index is 11.9. The number of hydrogen-bond acceptors (Lipinski definition) is 10. The molecule has 1 fully saturated rings. The van der Waals surface area contributed by atoms with Gasteiger partial charge in [0.2, 0.25) is 5.28 Å². The number of aliphatic hydroxyl groups is 2. The van der Waals surface area contributed by atoms with E-state index < -0.39 is 52.2 Å². The molecule has 5 rings (SSSR count). The van der Waals surface area contributed by atoms with Gasteiger partial charge >= 0.3 is 15.2 Å². The van der Waals surface area contributed by atoms with Gasteiger partial charge in [-0.2, -0.15) is 9.97 Å². The molecule has 0 bridgehead atoms. The molecule has 4 aromatic rings. The SMILES string of the molecule is O=P(O)(O)CP(=O)(O)OC[C@H]1O[C@@H](n2cnc3c(Nc4cc5ccccc5[nH]4)nc(Cl)nc32)C(O)C1O. The Morgan fingerprint density at radius 3 is 2.65 bits per heavy atom. The van der Waals surface area contributed by atoms with Gasteiger partial charge in [-0.25, -0.2) is 4.98 Å². The van der Waals surface area contributed by atoms with Crippen molar-refractivity contribution in [3.05, 3.63) is 41.9 Å². The number of aromatic nitrogens is 5. The van der Waals surface area contributed by atoms with Gasteiger partial charge in [-0.3, -0.25) is 13.7 Å². The van der Waals surface area contributed by atoms with Gasteiger partial charge < -0.3 is 44.5 Å². The van der Waals surface area contributed by atoms with Crippen molar-refractivity contribution in [1.29, 1.82) is 0 Å². The molecule has 7 N–H and O–H groups in total. The number of H-pyrrole nitrogens is 1. The van der Waals surface area contributed by atoms with Crippen molar-refractivity contribution < 1.29 is 43.3 Å². The Labute approximate surface area is 212 Å². The zero-order valence-corrected chi connectivity index (χ0v) is 21.2. The van der Waals surface area contributed by atoms with Crippen LogP contribution in [0.4, 0.5) is 11.6 Å². The van der Waals surface area contributed by atoms with Crippen LogP contribution in [0, 0.1) is 0 Å². The number of aliphatic hydroxyl groups excluding tert-OH is 2. The van der Waals surface area contributed by atoms with Gasteiger partial charge in [-0.1, -0.05) is 18.2 Å². The van der Waals surface area contributed by atoms with E-state index in [0.717, 1.165) is 10.9 Å². The van der Waals surface area contributed by atoms with E-state index in [9.17, 15) is 24.2 Å². The summed E-state index contributed by atoms with van der Waals surface area (Å²) in [6, 6.07) is 9.49. The van der Waals surface area contributed by atoms with Crippen molar-refractivity contribution in [1.82, 2.24) is 24.5 Å². The van der Waals surface area contributed by atoms with E-state index in [4.69, 9.17) is 30.6 Å². The fraction of sp³-hybridized carbons (Fsp3) is 0.316. The number of ether oxygens (including phenoxy) is 1. The van der Waals surface area contributed by atoms with Crippen molar-refractivity contribution >= 4 is 60.5 Å². The number of imidazole rings is 1. The third kappa shape index (κ3) is 5.56. The Hall–Kier alpha value is -2.42. The van der Waals surface area contributed by atoms with Crippen LogP contribution in [0.3, 0.4) is 0 Å². The molecule has 0 aliphatic carbocycles. The third-order valence-corrected chi connectivity index (χ3v) is 9.22. The molecule has 3 unspecified atom stereocenters. The van der Waals surface area contributed by atoms with Crippen molar-refractivity contribution in [2.75, 3.05) is 17.8 Å². The molecule has 1 aromatic carbocycles. The van der Waals surface area contributed by atoms with Crippen LogP contribution >= 0.6 is 26.8 Å². The second kappa shape index (κ2) is 9.71. The zero-order chi connectivity index (χ0) is 26.5. The Bertz CT molecular complexity index is 1520. The molecule has 15 nitrogen and oxygen atoms in total. The van der Waals surface area contributed by atoms with Crippen LogP contribution in [0.25, 0.3) is 22.1 Å². The second-order valence-electron chi connectivity index (χ2n) is 8.35. The topological polar surface area (TPSA) is 225 Å². The molecule has 1 aliphatic rings. The van der Waals surface area contributed by atoms with E-state index in [1.807, 2.05) is 30.3 Å². The van der Waals surface area contributed by atoms with Crippen LogP contribution in [0.5, 0.6) is 0 Å². The smallest absolute Gasteiger partial charge is 0.340 e.